The normalized spacial score (nSPS) is 18.6. The highest BCUT2D eigenvalue weighted by Gasteiger charge is 2.14. The van der Waals surface area contributed by atoms with Crippen molar-refractivity contribution in [1.29, 1.82) is 0 Å². The third kappa shape index (κ3) is 6.59. The molecule has 0 rings (SSSR count). The van der Waals surface area contributed by atoms with Crippen molar-refractivity contribution in [1.82, 2.24) is 0 Å². The molecular weight excluding hydrogens is 182 g/mol. The summed E-state index contributed by atoms with van der Waals surface area (Å²) in [6.45, 7) is 11.4. The van der Waals surface area contributed by atoms with Crippen LogP contribution < -0.4 is 5.73 Å². The highest BCUT2D eigenvalue weighted by Crippen LogP contribution is 2.25. The Labute approximate surface area is 96.1 Å². The van der Waals surface area contributed by atoms with E-state index in [1.807, 2.05) is 13.0 Å². The van der Waals surface area contributed by atoms with Crippen LogP contribution in [0, 0.1) is 17.8 Å². The lowest BCUT2D eigenvalue weighted by Gasteiger charge is -2.22. The number of nitrogens with two attached hydrogens (primary N) is 1. The van der Waals surface area contributed by atoms with Crippen molar-refractivity contribution < 1.29 is 0 Å². The largest absolute Gasteiger partial charge is 0.402 e. The fourth-order valence-electron chi connectivity index (χ4n) is 1.86. The second-order valence-electron chi connectivity index (χ2n) is 5.11. The summed E-state index contributed by atoms with van der Waals surface area (Å²) >= 11 is 0. The van der Waals surface area contributed by atoms with Gasteiger partial charge in [-0.1, -0.05) is 40.2 Å². The lowest BCUT2D eigenvalue weighted by Crippen LogP contribution is -2.12. The van der Waals surface area contributed by atoms with Gasteiger partial charge in [0.05, 0.1) is 0 Å². The maximum Gasteiger partial charge on any atom is 0.00372 e. The van der Waals surface area contributed by atoms with Crippen LogP contribution in [0.5, 0.6) is 0 Å². The summed E-state index contributed by atoms with van der Waals surface area (Å²) in [4.78, 5) is 0. The van der Waals surface area contributed by atoms with Crippen molar-refractivity contribution in [2.75, 3.05) is 0 Å². The molecule has 3 atom stereocenters. The van der Waals surface area contributed by atoms with E-state index in [-0.39, 0.29) is 0 Å². The van der Waals surface area contributed by atoms with E-state index < -0.39 is 0 Å². The molecule has 1 nitrogen and oxygen atoms in total. The van der Waals surface area contributed by atoms with E-state index in [4.69, 9.17) is 5.73 Å². The maximum atomic E-state index is 5.81. The molecule has 0 heterocycles. The molecule has 15 heavy (non-hydrogen) atoms. The third-order valence-electron chi connectivity index (χ3n) is 3.70. The van der Waals surface area contributed by atoms with Gasteiger partial charge in [0, 0.05) is 5.70 Å². The van der Waals surface area contributed by atoms with Gasteiger partial charge in [0.2, 0.25) is 0 Å². The standard InChI is InChI=1S/C14H29N/c1-6-11(3)10-13(5)12(4)8-9-14(15)7-2/h7,11-13H,6,8-10,15H2,1-5H3. The van der Waals surface area contributed by atoms with Crippen LogP contribution in [0.2, 0.25) is 0 Å². The van der Waals surface area contributed by atoms with Gasteiger partial charge in [-0.3, -0.25) is 0 Å². The first-order valence-electron chi connectivity index (χ1n) is 6.41. The quantitative estimate of drug-likeness (QED) is 0.666. The van der Waals surface area contributed by atoms with Crippen LogP contribution in [0.4, 0.5) is 0 Å². The Balaban J connectivity index is 3.83. The zero-order chi connectivity index (χ0) is 11.8. The second-order valence-corrected chi connectivity index (χ2v) is 5.11. The summed E-state index contributed by atoms with van der Waals surface area (Å²) in [5.41, 5.74) is 6.85. The molecule has 0 aliphatic heterocycles. The van der Waals surface area contributed by atoms with Gasteiger partial charge >= 0.3 is 0 Å². The van der Waals surface area contributed by atoms with E-state index in [1.54, 1.807) is 0 Å². The molecule has 0 aromatic rings. The molecule has 1 heteroatoms. The first kappa shape index (κ1) is 14.5. The molecular formula is C14H29N. The maximum absolute atomic E-state index is 5.81. The fraction of sp³-hybridized carbons (Fsp3) is 0.857. The number of hydrogen-bond acceptors (Lipinski definition) is 1. The Bertz CT molecular complexity index is 184. The molecule has 3 unspecified atom stereocenters. The number of allylic oxidation sites excluding steroid dienone is 2. The molecule has 2 N–H and O–H groups in total. The molecule has 0 fully saturated rings. The van der Waals surface area contributed by atoms with Crippen LogP contribution in [-0.2, 0) is 0 Å². The summed E-state index contributed by atoms with van der Waals surface area (Å²) in [5, 5.41) is 0. The van der Waals surface area contributed by atoms with Crippen LogP contribution in [0.25, 0.3) is 0 Å². The van der Waals surface area contributed by atoms with Crippen LogP contribution in [0.15, 0.2) is 11.8 Å². The molecule has 0 amide bonds. The van der Waals surface area contributed by atoms with Gasteiger partial charge in [-0.25, -0.2) is 0 Å². The van der Waals surface area contributed by atoms with Crippen molar-refractivity contribution in [3.63, 3.8) is 0 Å². The monoisotopic (exact) mass is 211 g/mol. The highest BCUT2D eigenvalue weighted by atomic mass is 14.6. The topological polar surface area (TPSA) is 26.0 Å². The van der Waals surface area contributed by atoms with E-state index in [0.717, 1.165) is 29.9 Å². The van der Waals surface area contributed by atoms with Crippen molar-refractivity contribution in [2.45, 2.75) is 60.3 Å². The Morgan fingerprint density at radius 1 is 1.20 bits per heavy atom. The summed E-state index contributed by atoms with van der Waals surface area (Å²) in [6.07, 6.45) is 6.96. The lowest BCUT2D eigenvalue weighted by molar-refractivity contribution is 0.296. The van der Waals surface area contributed by atoms with E-state index in [1.165, 1.54) is 19.3 Å². The Morgan fingerprint density at radius 2 is 1.80 bits per heavy atom. The minimum absolute atomic E-state index is 0.789. The van der Waals surface area contributed by atoms with E-state index in [0.29, 0.717) is 0 Å². The molecule has 0 radical (unpaired) electrons. The van der Waals surface area contributed by atoms with Gasteiger partial charge in [0.25, 0.3) is 0 Å². The van der Waals surface area contributed by atoms with Crippen LogP contribution in [-0.4, -0.2) is 0 Å². The number of rotatable bonds is 7. The van der Waals surface area contributed by atoms with Gasteiger partial charge in [-0.05, 0) is 43.9 Å². The van der Waals surface area contributed by atoms with Crippen LogP contribution in [0.1, 0.15) is 60.3 Å². The van der Waals surface area contributed by atoms with Gasteiger partial charge in [0.15, 0.2) is 0 Å². The third-order valence-corrected chi connectivity index (χ3v) is 3.70. The Kier molecular flexibility index (Phi) is 7.54. The zero-order valence-electron chi connectivity index (χ0n) is 11.2. The van der Waals surface area contributed by atoms with Gasteiger partial charge in [-0.15, -0.1) is 0 Å². The predicted octanol–water partition coefficient (Wildman–Crippen LogP) is 4.34. The van der Waals surface area contributed by atoms with Gasteiger partial charge < -0.3 is 5.73 Å². The Morgan fingerprint density at radius 3 is 2.27 bits per heavy atom. The van der Waals surface area contributed by atoms with Crippen molar-refractivity contribution >= 4 is 0 Å². The highest BCUT2D eigenvalue weighted by molar-refractivity contribution is 4.93. The average Bonchev–Trinajstić information content (AvgIpc) is 2.24. The van der Waals surface area contributed by atoms with E-state index in [2.05, 4.69) is 27.7 Å². The second kappa shape index (κ2) is 7.78. The first-order valence-corrected chi connectivity index (χ1v) is 6.41. The van der Waals surface area contributed by atoms with Gasteiger partial charge in [0.1, 0.15) is 0 Å². The van der Waals surface area contributed by atoms with E-state index >= 15 is 0 Å². The average molecular weight is 211 g/mol. The number of hydrogen-bond donors (Lipinski definition) is 1. The van der Waals surface area contributed by atoms with Crippen molar-refractivity contribution in [2.24, 2.45) is 23.5 Å². The molecule has 0 spiro atoms. The van der Waals surface area contributed by atoms with Gasteiger partial charge in [-0.2, -0.15) is 0 Å². The molecule has 0 aromatic carbocycles. The van der Waals surface area contributed by atoms with Crippen LogP contribution >= 0.6 is 0 Å². The molecule has 0 saturated carbocycles. The summed E-state index contributed by atoms with van der Waals surface area (Å²) in [6, 6.07) is 0. The molecule has 0 aliphatic carbocycles. The molecule has 0 aromatic heterocycles. The minimum atomic E-state index is 0.789. The van der Waals surface area contributed by atoms with Crippen molar-refractivity contribution in [3.8, 4) is 0 Å². The van der Waals surface area contributed by atoms with Crippen LogP contribution in [0.3, 0.4) is 0 Å². The Hall–Kier alpha value is -0.460. The summed E-state index contributed by atoms with van der Waals surface area (Å²) in [7, 11) is 0. The fourth-order valence-corrected chi connectivity index (χ4v) is 1.86. The molecule has 0 saturated heterocycles. The lowest BCUT2D eigenvalue weighted by atomic mass is 9.84. The minimum Gasteiger partial charge on any atom is -0.402 e. The first-order chi connectivity index (χ1) is 7.01. The predicted molar refractivity (Wildman–Crippen MR) is 69.6 cm³/mol. The molecule has 0 aliphatic rings. The SMILES string of the molecule is CC=C(N)CCC(C)C(C)CC(C)CC. The molecule has 0 bridgehead atoms. The van der Waals surface area contributed by atoms with Crippen molar-refractivity contribution in [3.05, 3.63) is 11.8 Å². The molecule has 90 valence electrons. The zero-order valence-corrected chi connectivity index (χ0v) is 11.2. The summed E-state index contributed by atoms with van der Waals surface area (Å²) in [5.74, 6) is 2.48. The summed E-state index contributed by atoms with van der Waals surface area (Å²) < 4.78 is 0. The van der Waals surface area contributed by atoms with E-state index in [9.17, 15) is 0 Å². The smallest absolute Gasteiger partial charge is 0.00372 e.